The lowest BCUT2D eigenvalue weighted by Crippen LogP contribution is -2.50. The Morgan fingerprint density at radius 1 is 1.03 bits per heavy atom. The third-order valence-electron chi connectivity index (χ3n) is 3.27. The predicted molar refractivity (Wildman–Crippen MR) is 95.8 cm³/mol. The first-order valence-corrected chi connectivity index (χ1v) is 8.47. The summed E-state index contributed by atoms with van der Waals surface area (Å²) in [5.41, 5.74) is -1.58. The standard InChI is InChI=1S/C18H22F3N3O5/c1-10(14(26)23-16(28)24-17(2,3)4)29-13(25)9-22-15(27)11-5-7-12(8-6-11)18(19,20)21/h5-8,10H,9H2,1-4H3,(H,22,27)(H2,23,24,26,28). The third-order valence-corrected chi connectivity index (χ3v) is 3.27. The number of esters is 1. The van der Waals surface area contributed by atoms with Gasteiger partial charge in [-0.3, -0.25) is 19.7 Å². The van der Waals surface area contributed by atoms with E-state index in [2.05, 4.69) is 10.6 Å². The van der Waals surface area contributed by atoms with E-state index in [0.717, 1.165) is 24.3 Å². The molecule has 29 heavy (non-hydrogen) atoms. The molecule has 4 amide bonds. The second-order valence-corrected chi connectivity index (χ2v) is 7.08. The number of hydrogen-bond acceptors (Lipinski definition) is 5. The minimum absolute atomic E-state index is 0.0876. The number of imide groups is 1. The summed E-state index contributed by atoms with van der Waals surface area (Å²) in [5, 5.41) is 6.66. The summed E-state index contributed by atoms with van der Waals surface area (Å²) < 4.78 is 42.3. The molecule has 3 N–H and O–H groups in total. The number of amides is 4. The van der Waals surface area contributed by atoms with Crippen LogP contribution < -0.4 is 16.0 Å². The molecule has 0 aliphatic rings. The number of rotatable bonds is 5. The highest BCUT2D eigenvalue weighted by atomic mass is 19.4. The monoisotopic (exact) mass is 417 g/mol. The molecular weight excluding hydrogens is 395 g/mol. The van der Waals surface area contributed by atoms with Crippen LogP contribution in [0.25, 0.3) is 0 Å². The van der Waals surface area contributed by atoms with E-state index >= 15 is 0 Å². The van der Waals surface area contributed by atoms with Gasteiger partial charge in [0, 0.05) is 11.1 Å². The van der Waals surface area contributed by atoms with E-state index in [0.29, 0.717) is 0 Å². The number of hydrogen-bond donors (Lipinski definition) is 3. The highest BCUT2D eigenvalue weighted by molar-refractivity contribution is 5.98. The molecule has 1 aromatic rings. The van der Waals surface area contributed by atoms with Crippen molar-refractivity contribution < 1.29 is 37.1 Å². The summed E-state index contributed by atoms with van der Waals surface area (Å²) in [5.74, 6) is -2.63. The van der Waals surface area contributed by atoms with Crippen molar-refractivity contribution in [2.75, 3.05) is 6.54 Å². The molecule has 0 aliphatic heterocycles. The molecular formula is C18H22F3N3O5. The maximum absolute atomic E-state index is 12.5. The molecule has 1 aromatic carbocycles. The second-order valence-electron chi connectivity index (χ2n) is 7.08. The minimum Gasteiger partial charge on any atom is -0.451 e. The van der Waals surface area contributed by atoms with Crippen LogP contribution in [-0.2, 0) is 20.5 Å². The van der Waals surface area contributed by atoms with Gasteiger partial charge in [0.05, 0.1) is 5.56 Å². The molecule has 160 valence electrons. The van der Waals surface area contributed by atoms with Crippen molar-refractivity contribution in [2.45, 2.75) is 45.5 Å². The third kappa shape index (κ3) is 8.62. The first-order chi connectivity index (χ1) is 13.2. The van der Waals surface area contributed by atoms with Crippen LogP contribution in [0.15, 0.2) is 24.3 Å². The van der Waals surface area contributed by atoms with Gasteiger partial charge < -0.3 is 15.4 Å². The topological polar surface area (TPSA) is 114 Å². The van der Waals surface area contributed by atoms with E-state index in [1.165, 1.54) is 6.92 Å². The Kier molecular flexibility index (Phi) is 7.75. The lowest BCUT2D eigenvalue weighted by molar-refractivity contribution is -0.153. The molecule has 0 spiro atoms. The van der Waals surface area contributed by atoms with Gasteiger partial charge in [-0.2, -0.15) is 13.2 Å². The van der Waals surface area contributed by atoms with Crippen molar-refractivity contribution in [1.82, 2.24) is 16.0 Å². The van der Waals surface area contributed by atoms with Crippen LogP contribution in [0.4, 0.5) is 18.0 Å². The first kappa shape index (κ1) is 23.9. The molecule has 1 unspecified atom stereocenters. The Balaban J connectivity index is 2.48. The Hall–Kier alpha value is -3.11. The van der Waals surface area contributed by atoms with Crippen LogP contribution in [0, 0.1) is 0 Å². The van der Waals surface area contributed by atoms with Crippen molar-refractivity contribution in [3.8, 4) is 0 Å². The van der Waals surface area contributed by atoms with E-state index in [4.69, 9.17) is 4.74 Å². The molecule has 1 rings (SSSR count). The average molecular weight is 417 g/mol. The number of carbonyl (C=O) groups is 4. The van der Waals surface area contributed by atoms with Crippen LogP contribution >= 0.6 is 0 Å². The fraction of sp³-hybridized carbons (Fsp3) is 0.444. The van der Waals surface area contributed by atoms with Crippen LogP contribution in [0.3, 0.4) is 0 Å². The molecule has 1 atom stereocenters. The average Bonchev–Trinajstić information content (AvgIpc) is 2.57. The van der Waals surface area contributed by atoms with Crippen LogP contribution in [0.5, 0.6) is 0 Å². The van der Waals surface area contributed by atoms with Gasteiger partial charge in [0.2, 0.25) is 0 Å². The number of benzene rings is 1. The minimum atomic E-state index is -4.53. The highest BCUT2D eigenvalue weighted by Crippen LogP contribution is 2.29. The lowest BCUT2D eigenvalue weighted by atomic mass is 10.1. The normalized spacial score (nSPS) is 12.5. The number of alkyl halides is 3. The molecule has 0 saturated heterocycles. The number of nitrogens with one attached hydrogen (secondary N) is 3. The van der Waals surface area contributed by atoms with E-state index in [9.17, 15) is 32.3 Å². The smallest absolute Gasteiger partial charge is 0.416 e. The van der Waals surface area contributed by atoms with Crippen LogP contribution in [0.1, 0.15) is 43.6 Å². The van der Waals surface area contributed by atoms with Crippen LogP contribution in [0.2, 0.25) is 0 Å². The van der Waals surface area contributed by atoms with Gasteiger partial charge in [-0.25, -0.2) is 4.79 Å². The molecule has 0 bridgehead atoms. The Morgan fingerprint density at radius 3 is 2.07 bits per heavy atom. The highest BCUT2D eigenvalue weighted by Gasteiger charge is 2.30. The number of urea groups is 1. The Morgan fingerprint density at radius 2 is 1.59 bits per heavy atom. The van der Waals surface area contributed by atoms with Crippen molar-refractivity contribution in [3.05, 3.63) is 35.4 Å². The molecule has 0 fully saturated rings. The molecule has 0 aromatic heterocycles. The van der Waals surface area contributed by atoms with E-state index < -0.39 is 53.7 Å². The van der Waals surface area contributed by atoms with E-state index in [1.54, 1.807) is 20.8 Å². The van der Waals surface area contributed by atoms with Gasteiger partial charge in [-0.05, 0) is 52.0 Å². The Bertz CT molecular complexity index is 770. The summed E-state index contributed by atoms with van der Waals surface area (Å²) in [7, 11) is 0. The van der Waals surface area contributed by atoms with Gasteiger partial charge in [0.25, 0.3) is 11.8 Å². The predicted octanol–water partition coefficient (Wildman–Crippen LogP) is 1.99. The van der Waals surface area contributed by atoms with Gasteiger partial charge in [-0.15, -0.1) is 0 Å². The molecule has 0 heterocycles. The second kappa shape index (κ2) is 9.39. The lowest BCUT2D eigenvalue weighted by Gasteiger charge is -2.21. The largest absolute Gasteiger partial charge is 0.451 e. The molecule has 11 heteroatoms. The zero-order valence-electron chi connectivity index (χ0n) is 16.3. The molecule has 0 saturated carbocycles. The molecule has 8 nitrogen and oxygen atoms in total. The van der Waals surface area contributed by atoms with Crippen molar-refractivity contribution in [1.29, 1.82) is 0 Å². The number of ether oxygens (including phenoxy) is 1. The summed E-state index contributed by atoms with van der Waals surface area (Å²) in [6.07, 6.45) is -5.84. The van der Waals surface area contributed by atoms with Gasteiger partial charge in [0.15, 0.2) is 6.10 Å². The summed E-state index contributed by atoms with van der Waals surface area (Å²) in [4.78, 5) is 47.0. The maximum Gasteiger partial charge on any atom is 0.416 e. The first-order valence-electron chi connectivity index (χ1n) is 8.47. The fourth-order valence-corrected chi connectivity index (χ4v) is 1.94. The fourth-order valence-electron chi connectivity index (χ4n) is 1.94. The quantitative estimate of drug-likeness (QED) is 0.634. The SMILES string of the molecule is CC(OC(=O)CNC(=O)c1ccc(C(F)(F)F)cc1)C(=O)NC(=O)NC(C)(C)C. The van der Waals surface area contributed by atoms with E-state index in [-0.39, 0.29) is 5.56 Å². The Labute approximate surface area is 165 Å². The summed E-state index contributed by atoms with van der Waals surface area (Å²) >= 11 is 0. The van der Waals surface area contributed by atoms with Crippen molar-refractivity contribution in [2.24, 2.45) is 0 Å². The van der Waals surface area contributed by atoms with Crippen LogP contribution in [-0.4, -0.2) is 42.0 Å². The van der Waals surface area contributed by atoms with Crippen molar-refractivity contribution in [3.63, 3.8) is 0 Å². The van der Waals surface area contributed by atoms with Gasteiger partial charge >= 0.3 is 18.2 Å². The summed E-state index contributed by atoms with van der Waals surface area (Å²) in [6, 6.07) is 2.65. The number of halogens is 3. The molecule has 0 radical (unpaired) electrons. The molecule has 0 aliphatic carbocycles. The summed E-state index contributed by atoms with van der Waals surface area (Å²) in [6.45, 7) is 5.74. The van der Waals surface area contributed by atoms with Gasteiger partial charge in [-0.1, -0.05) is 0 Å². The zero-order valence-corrected chi connectivity index (χ0v) is 16.3. The van der Waals surface area contributed by atoms with Crippen molar-refractivity contribution >= 4 is 23.8 Å². The number of carbonyl (C=O) groups excluding carboxylic acids is 4. The zero-order chi connectivity index (χ0) is 22.4. The maximum atomic E-state index is 12.5. The van der Waals surface area contributed by atoms with E-state index in [1.807, 2.05) is 5.32 Å². The van der Waals surface area contributed by atoms with Gasteiger partial charge in [0.1, 0.15) is 6.54 Å².